The van der Waals surface area contributed by atoms with Crippen LogP contribution in [-0.2, 0) is 6.42 Å². The van der Waals surface area contributed by atoms with E-state index in [4.69, 9.17) is 12.2 Å². The van der Waals surface area contributed by atoms with Crippen LogP contribution in [0.5, 0.6) is 0 Å². The molecular formula is C15H22N2S. The van der Waals surface area contributed by atoms with E-state index in [-0.39, 0.29) is 0 Å². The maximum atomic E-state index is 4.93. The Bertz CT molecular complexity index is 392. The van der Waals surface area contributed by atoms with E-state index in [9.17, 15) is 0 Å². The van der Waals surface area contributed by atoms with Crippen molar-refractivity contribution in [3.63, 3.8) is 0 Å². The van der Waals surface area contributed by atoms with Crippen molar-refractivity contribution in [3.05, 3.63) is 29.6 Å². The molecule has 0 unspecified atom stereocenters. The first-order valence-corrected chi connectivity index (χ1v) is 7.36. The van der Waals surface area contributed by atoms with Crippen molar-refractivity contribution >= 4 is 17.6 Å². The second-order valence-corrected chi connectivity index (χ2v) is 5.53. The Labute approximate surface area is 115 Å². The summed E-state index contributed by atoms with van der Waals surface area (Å²) in [5.41, 5.74) is 2.59. The van der Waals surface area contributed by atoms with Gasteiger partial charge in [-0.05, 0) is 42.9 Å². The molecule has 0 spiro atoms. The summed E-state index contributed by atoms with van der Waals surface area (Å²) in [5.74, 6) is 0. The molecule has 1 aromatic rings. The topological polar surface area (TPSA) is 16.1 Å². The molecule has 0 bridgehead atoms. The molecule has 2 nitrogen and oxygen atoms in total. The highest BCUT2D eigenvalue weighted by Gasteiger charge is 2.18. The van der Waals surface area contributed by atoms with Crippen molar-refractivity contribution in [3.8, 4) is 0 Å². The molecule has 98 valence electrons. The van der Waals surface area contributed by atoms with Gasteiger partial charge in [-0.3, -0.25) is 9.88 Å². The minimum atomic E-state index is 0.530. The Hall–Kier alpha value is -0.800. The molecule has 1 saturated heterocycles. The lowest BCUT2D eigenvalue weighted by Gasteiger charge is -2.30. The SMILES string of the molecule is CN1CCCCCC[C@@H]1c1cncc(CC=S)c1. The largest absolute Gasteiger partial charge is 0.299 e. The molecule has 1 aromatic heterocycles. The van der Waals surface area contributed by atoms with Crippen LogP contribution in [0.1, 0.15) is 49.3 Å². The summed E-state index contributed by atoms with van der Waals surface area (Å²) in [4.78, 5) is 6.86. The van der Waals surface area contributed by atoms with E-state index in [0.29, 0.717) is 6.04 Å². The number of nitrogens with zero attached hydrogens (tertiary/aromatic N) is 2. The minimum Gasteiger partial charge on any atom is -0.299 e. The van der Waals surface area contributed by atoms with Crippen molar-refractivity contribution < 1.29 is 0 Å². The summed E-state index contributed by atoms with van der Waals surface area (Å²) < 4.78 is 0. The first kappa shape index (κ1) is 13.6. The van der Waals surface area contributed by atoms with Crippen LogP contribution in [0.2, 0.25) is 0 Å². The molecule has 1 atom stereocenters. The Morgan fingerprint density at radius 1 is 1.33 bits per heavy atom. The fourth-order valence-electron chi connectivity index (χ4n) is 2.75. The summed E-state index contributed by atoms with van der Waals surface area (Å²) in [6.07, 6.45) is 11.4. The molecule has 0 aliphatic carbocycles. The van der Waals surface area contributed by atoms with Crippen molar-refractivity contribution in [1.29, 1.82) is 0 Å². The molecule has 3 heteroatoms. The van der Waals surface area contributed by atoms with Gasteiger partial charge in [0.05, 0.1) is 0 Å². The number of hydrogen-bond acceptors (Lipinski definition) is 3. The standard InChI is InChI=1S/C15H22N2S/c1-17-8-5-3-2-4-6-15(17)14-10-13(7-9-18)11-16-12-14/h9-12,15H,2-8H2,1H3/t15-/m1/s1. The molecular weight excluding hydrogens is 240 g/mol. The Balaban J connectivity index is 2.15. The molecule has 1 fully saturated rings. The van der Waals surface area contributed by atoms with Crippen LogP contribution in [0, 0.1) is 0 Å². The average molecular weight is 262 g/mol. The van der Waals surface area contributed by atoms with Crippen molar-refractivity contribution in [2.45, 2.75) is 44.6 Å². The van der Waals surface area contributed by atoms with Gasteiger partial charge in [-0.15, -0.1) is 0 Å². The van der Waals surface area contributed by atoms with E-state index in [1.165, 1.54) is 49.8 Å². The van der Waals surface area contributed by atoms with E-state index < -0.39 is 0 Å². The highest BCUT2D eigenvalue weighted by Crippen LogP contribution is 2.28. The number of aromatic nitrogens is 1. The van der Waals surface area contributed by atoms with Crippen LogP contribution in [0.25, 0.3) is 0 Å². The molecule has 2 heterocycles. The van der Waals surface area contributed by atoms with Crippen LogP contribution >= 0.6 is 12.2 Å². The average Bonchev–Trinajstić information content (AvgIpc) is 2.35. The van der Waals surface area contributed by atoms with E-state index in [1.807, 2.05) is 12.4 Å². The molecule has 1 aliphatic rings. The third-order valence-corrected chi connectivity index (χ3v) is 3.96. The lowest BCUT2D eigenvalue weighted by atomic mass is 9.96. The van der Waals surface area contributed by atoms with Crippen LogP contribution < -0.4 is 0 Å². The summed E-state index contributed by atoms with van der Waals surface area (Å²) in [6.45, 7) is 1.20. The second kappa shape index (κ2) is 6.95. The van der Waals surface area contributed by atoms with Crippen LogP contribution in [0.3, 0.4) is 0 Å². The smallest absolute Gasteiger partial charge is 0.0360 e. The molecule has 0 radical (unpaired) electrons. The summed E-state index contributed by atoms with van der Waals surface area (Å²) in [7, 11) is 2.24. The maximum Gasteiger partial charge on any atom is 0.0360 e. The quantitative estimate of drug-likeness (QED) is 0.775. The van der Waals surface area contributed by atoms with Gasteiger partial charge in [-0.1, -0.05) is 37.5 Å². The lowest BCUT2D eigenvalue weighted by molar-refractivity contribution is 0.209. The van der Waals surface area contributed by atoms with Gasteiger partial charge in [-0.25, -0.2) is 0 Å². The first-order chi connectivity index (χ1) is 8.81. The normalized spacial score (nSPS) is 22.2. The van der Waals surface area contributed by atoms with E-state index in [2.05, 4.69) is 23.0 Å². The highest BCUT2D eigenvalue weighted by molar-refractivity contribution is 7.78. The van der Waals surface area contributed by atoms with Crippen molar-refractivity contribution in [2.75, 3.05) is 13.6 Å². The summed E-state index contributed by atoms with van der Waals surface area (Å²) >= 11 is 4.93. The molecule has 0 saturated carbocycles. The van der Waals surface area contributed by atoms with Gasteiger partial charge in [-0.2, -0.15) is 0 Å². The summed E-state index contributed by atoms with van der Waals surface area (Å²) in [5, 5.41) is 1.78. The van der Waals surface area contributed by atoms with Gasteiger partial charge >= 0.3 is 0 Å². The fraction of sp³-hybridized carbons (Fsp3) is 0.600. The number of thiocarbonyl (C=S) groups is 1. The lowest BCUT2D eigenvalue weighted by Crippen LogP contribution is -2.27. The van der Waals surface area contributed by atoms with Gasteiger partial charge in [0.1, 0.15) is 0 Å². The van der Waals surface area contributed by atoms with Gasteiger partial charge < -0.3 is 0 Å². The number of hydrogen-bond donors (Lipinski definition) is 0. The van der Waals surface area contributed by atoms with Gasteiger partial charge in [0.25, 0.3) is 0 Å². The third kappa shape index (κ3) is 3.59. The predicted octanol–water partition coefficient (Wildman–Crippen LogP) is 3.56. The molecule has 1 aliphatic heterocycles. The van der Waals surface area contributed by atoms with Crippen LogP contribution in [-0.4, -0.2) is 28.8 Å². The molecule has 0 N–H and O–H groups in total. The molecule has 0 aromatic carbocycles. The van der Waals surface area contributed by atoms with Gasteiger partial charge in [0.15, 0.2) is 0 Å². The molecule has 18 heavy (non-hydrogen) atoms. The number of rotatable bonds is 3. The first-order valence-electron chi connectivity index (χ1n) is 6.89. The maximum absolute atomic E-state index is 4.93. The van der Waals surface area contributed by atoms with E-state index >= 15 is 0 Å². The van der Waals surface area contributed by atoms with Crippen LogP contribution in [0.15, 0.2) is 18.5 Å². The second-order valence-electron chi connectivity index (χ2n) is 5.20. The van der Waals surface area contributed by atoms with Gasteiger partial charge in [0.2, 0.25) is 0 Å². The van der Waals surface area contributed by atoms with Crippen molar-refractivity contribution in [2.24, 2.45) is 0 Å². The summed E-state index contributed by atoms with van der Waals surface area (Å²) in [6, 6.07) is 2.81. The van der Waals surface area contributed by atoms with E-state index in [1.54, 1.807) is 5.37 Å². The Kier molecular flexibility index (Phi) is 5.26. The monoisotopic (exact) mass is 262 g/mol. The fourth-order valence-corrected chi connectivity index (χ4v) is 2.94. The zero-order chi connectivity index (χ0) is 12.8. The van der Waals surface area contributed by atoms with Gasteiger partial charge in [0, 0.05) is 24.9 Å². The zero-order valence-corrected chi connectivity index (χ0v) is 12.0. The third-order valence-electron chi connectivity index (χ3n) is 3.79. The predicted molar refractivity (Wildman–Crippen MR) is 80.1 cm³/mol. The number of pyridine rings is 1. The number of likely N-dealkylation sites (tertiary alicyclic amines) is 1. The van der Waals surface area contributed by atoms with Crippen LogP contribution in [0.4, 0.5) is 0 Å². The zero-order valence-electron chi connectivity index (χ0n) is 11.1. The Morgan fingerprint density at radius 2 is 2.17 bits per heavy atom. The molecule has 0 amide bonds. The highest BCUT2D eigenvalue weighted by atomic mass is 32.1. The van der Waals surface area contributed by atoms with E-state index in [0.717, 1.165) is 6.42 Å². The Morgan fingerprint density at radius 3 is 3.00 bits per heavy atom. The molecule has 2 rings (SSSR count). The minimum absolute atomic E-state index is 0.530. The van der Waals surface area contributed by atoms with Crippen molar-refractivity contribution in [1.82, 2.24) is 9.88 Å².